The zero-order valence-corrected chi connectivity index (χ0v) is 21.9. The van der Waals surface area contributed by atoms with Gasteiger partial charge in [-0.2, -0.15) is 0 Å². The van der Waals surface area contributed by atoms with Crippen molar-refractivity contribution in [1.82, 2.24) is 15.5 Å². The monoisotopic (exact) mass is 531 g/mol. The third kappa shape index (κ3) is 6.79. The predicted octanol–water partition coefficient (Wildman–Crippen LogP) is 4.42. The van der Waals surface area contributed by atoms with Crippen molar-refractivity contribution in [3.05, 3.63) is 94.5 Å². The van der Waals surface area contributed by atoms with Crippen LogP contribution in [0, 0.1) is 0 Å². The summed E-state index contributed by atoms with van der Waals surface area (Å²) in [4.78, 5) is 30.4. The fraction of sp³-hybridized carbons (Fsp3) is 0.207. The first kappa shape index (κ1) is 26.9. The zero-order valence-electron chi connectivity index (χ0n) is 21.2. The molecule has 2 amide bonds. The summed E-state index contributed by atoms with van der Waals surface area (Å²) in [6, 6.07) is 13.2. The van der Waals surface area contributed by atoms with E-state index >= 15 is 0 Å². The number of hydrogen-bond acceptors (Lipinski definition) is 6. The second-order valence-electron chi connectivity index (χ2n) is 8.92. The van der Waals surface area contributed by atoms with Crippen molar-refractivity contribution in [1.29, 1.82) is 0 Å². The van der Waals surface area contributed by atoms with Crippen molar-refractivity contribution in [3.63, 3.8) is 0 Å². The average Bonchev–Trinajstić information content (AvgIpc) is 3.37. The SMILES string of the molecule is C=N\C(N)=C/C=C(C)/C=C/C(=O)NCc1cc2cc(-c3ccc(C(=O)N4CCNCC4)cc3)cc(Cl)c2o1. The number of halogens is 1. The van der Waals surface area contributed by atoms with Gasteiger partial charge in [-0.15, -0.1) is 0 Å². The largest absolute Gasteiger partial charge is 0.458 e. The number of rotatable bonds is 8. The maximum Gasteiger partial charge on any atom is 0.253 e. The van der Waals surface area contributed by atoms with Gasteiger partial charge in [0.15, 0.2) is 5.58 Å². The number of nitrogens with two attached hydrogens (primary N) is 1. The molecule has 0 atom stereocenters. The Hall–Kier alpha value is -4.14. The minimum absolute atomic E-state index is 0.0422. The number of nitrogens with zero attached hydrogens (tertiary/aromatic N) is 2. The molecule has 4 N–H and O–H groups in total. The number of furan rings is 1. The first-order valence-corrected chi connectivity index (χ1v) is 12.6. The number of aliphatic imine (C=N–C) groups is 1. The van der Waals surface area contributed by atoms with Crippen LogP contribution in [-0.4, -0.2) is 49.6 Å². The smallest absolute Gasteiger partial charge is 0.253 e. The number of allylic oxidation sites excluding steroid dienone is 4. The lowest BCUT2D eigenvalue weighted by atomic mass is 10.0. The summed E-state index contributed by atoms with van der Waals surface area (Å²) < 4.78 is 5.89. The highest BCUT2D eigenvalue weighted by Crippen LogP contribution is 2.33. The van der Waals surface area contributed by atoms with Crippen molar-refractivity contribution in [2.24, 2.45) is 10.7 Å². The van der Waals surface area contributed by atoms with E-state index in [9.17, 15) is 9.59 Å². The van der Waals surface area contributed by atoms with Gasteiger partial charge in [0, 0.05) is 43.2 Å². The molecule has 0 radical (unpaired) electrons. The third-order valence-corrected chi connectivity index (χ3v) is 6.41. The highest BCUT2D eigenvalue weighted by Gasteiger charge is 2.18. The molecule has 0 bridgehead atoms. The fourth-order valence-corrected chi connectivity index (χ4v) is 4.30. The summed E-state index contributed by atoms with van der Waals surface area (Å²) in [7, 11) is 0. The van der Waals surface area contributed by atoms with E-state index in [1.165, 1.54) is 6.08 Å². The summed E-state index contributed by atoms with van der Waals surface area (Å²) in [6.07, 6.45) is 6.46. The molecule has 38 heavy (non-hydrogen) atoms. The Morgan fingerprint density at radius 2 is 1.87 bits per heavy atom. The van der Waals surface area contributed by atoms with Crippen LogP contribution in [0.3, 0.4) is 0 Å². The number of amides is 2. The molecule has 2 aromatic carbocycles. The summed E-state index contributed by atoms with van der Waals surface area (Å²) in [5.74, 6) is 0.657. The van der Waals surface area contributed by atoms with Crippen LogP contribution in [0.4, 0.5) is 0 Å². The van der Waals surface area contributed by atoms with Gasteiger partial charge in [-0.05, 0) is 61.2 Å². The number of fused-ring (bicyclic) bond motifs is 1. The number of carbonyl (C=O) groups excluding carboxylic acids is 2. The first-order valence-electron chi connectivity index (χ1n) is 12.2. The molecule has 8 nitrogen and oxygen atoms in total. The second-order valence-corrected chi connectivity index (χ2v) is 9.33. The molecule has 0 saturated carbocycles. The highest BCUT2D eigenvalue weighted by molar-refractivity contribution is 6.35. The average molecular weight is 532 g/mol. The number of piperazine rings is 1. The molecule has 2 heterocycles. The molecule has 1 aliphatic rings. The molecule has 196 valence electrons. The van der Waals surface area contributed by atoms with E-state index in [0.29, 0.717) is 40.8 Å². The quantitative estimate of drug-likeness (QED) is 0.226. The van der Waals surface area contributed by atoms with Gasteiger partial charge in [0.1, 0.15) is 11.6 Å². The van der Waals surface area contributed by atoms with E-state index in [2.05, 4.69) is 22.3 Å². The van der Waals surface area contributed by atoms with Gasteiger partial charge < -0.3 is 25.7 Å². The molecule has 1 aliphatic heterocycles. The summed E-state index contributed by atoms with van der Waals surface area (Å²) in [6.45, 7) is 8.45. The number of benzene rings is 2. The molecule has 1 aromatic heterocycles. The van der Waals surface area contributed by atoms with Crippen molar-refractivity contribution in [2.45, 2.75) is 13.5 Å². The first-order chi connectivity index (χ1) is 18.3. The molecule has 4 rings (SSSR count). The van der Waals surface area contributed by atoms with Crippen LogP contribution in [0.5, 0.6) is 0 Å². The van der Waals surface area contributed by atoms with Gasteiger partial charge in [-0.25, -0.2) is 4.99 Å². The number of nitrogens with one attached hydrogen (secondary N) is 2. The van der Waals surface area contributed by atoms with Crippen LogP contribution in [0.25, 0.3) is 22.1 Å². The molecule has 0 aliphatic carbocycles. The lowest BCUT2D eigenvalue weighted by Gasteiger charge is -2.27. The molecule has 1 saturated heterocycles. The van der Waals surface area contributed by atoms with Crippen LogP contribution in [-0.2, 0) is 11.3 Å². The molecule has 3 aromatic rings. The van der Waals surface area contributed by atoms with Crippen molar-refractivity contribution in [3.8, 4) is 11.1 Å². The van der Waals surface area contributed by atoms with E-state index in [0.717, 1.165) is 35.2 Å². The molecular weight excluding hydrogens is 502 g/mol. The van der Waals surface area contributed by atoms with Crippen LogP contribution in [0.1, 0.15) is 23.0 Å². The van der Waals surface area contributed by atoms with Gasteiger partial charge in [-0.1, -0.05) is 41.5 Å². The van der Waals surface area contributed by atoms with Crippen molar-refractivity contribution in [2.75, 3.05) is 26.2 Å². The van der Waals surface area contributed by atoms with Gasteiger partial charge in [0.05, 0.1) is 11.6 Å². The van der Waals surface area contributed by atoms with Crippen LogP contribution >= 0.6 is 11.6 Å². The minimum atomic E-state index is -0.265. The van der Waals surface area contributed by atoms with Crippen molar-refractivity contribution >= 4 is 41.1 Å². The molecule has 0 unspecified atom stereocenters. The second kappa shape index (κ2) is 12.4. The Morgan fingerprint density at radius 3 is 2.58 bits per heavy atom. The zero-order chi connectivity index (χ0) is 27.1. The summed E-state index contributed by atoms with van der Waals surface area (Å²) in [5.41, 5.74) is 9.46. The van der Waals surface area contributed by atoms with Crippen LogP contribution in [0.2, 0.25) is 5.02 Å². The van der Waals surface area contributed by atoms with Crippen LogP contribution in [0.15, 0.2) is 87.6 Å². The standard InChI is InChI=1S/C29H30ClN5O3/c1-19(3-9-26(31)32-2)4-10-27(36)34-18-24-16-23-15-22(17-25(30)28(23)38-24)20-5-7-21(8-6-20)29(37)35-13-11-33-12-14-35/h3-10,15-17,33H,2,11-14,18,31H2,1H3,(H,34,36)/b10-4+,19-3+,26-9-. The van der Waals surface area contributed by atoms with Gasteiger partial charge in [0.2, 0.25) is 5.91 Å². The summed E-state index contributed by atoms with van der Waals surface area (Å²) in [5, 5.41) is 7.36. The molecular formula is C29H30ClN5O3. The number of carbonyl (C=O) groups is 2. The van der Waals surface area contributed by atoms with Crippen LogP contribution < -0.4 is 16.4 Å². The lowest BCUT2D eigenvalue weighted by molar-refractivity contribution is -0.116. The Balaban J connectivity index is 1.42. The molecule has 9 heteroatoms. The lowest BCUT2D eigenvalue weighted by Crippen LogP contribution is -2.46. The topological polar surface area (TPSA) is 113 Å². The Morgan fingerprint density at radius 1 is 1.13 bits per heavy atom. The molecule has 1 fully saturated rings. The highest BCUT2D eigenvalue weighted by atomic mass is 35.5. The third-order valence-electron chi connectivity index (χ3n) is 6.13. The Bertz CT molecular complexity index is 1430. The number of hydrogen-bond donors (Lipinski definition) is 3. The van der Waals surface area contributed by atoms with Crippen molar-refractivity contribution < 1.29 is 14.0 Å². The summed E-state index contributed by atoms with van der Waals surface area (Å²) >= 11 is 6.53. The Kier molecular flexibility index (Phi) is 8.78. The van der Waals surface area contributed by atoms with E-state index < -0.39 is 0 Å². The van der Waals surface area contributed by atoms with E-state index in [4.69, 9.17) is 21.8 Å². The maximum absolute atomic E-state index is 12.7. The fourth-order valence-electron chi connectivity index (χ4n) is 4.04. The van der Waals surface area contributed by atoms with E-state index in [-0.39, 0.29) is 18.4 Å². The van der Waals surface area contributed by atoms with Gasteiger partial charge in [0.25, 0.3) is 5.91 Å². The van der Waals surface area contributed by atoms with E-state index in [1.807, 2.05) is 54.3 Å². The Labute approximate surface area is 226 Å². The van der Waals surface area contributed by atoms with Gasteiger partial charge >= 0.3 is 0 Å². The normalized spacial score (nSPS) is 14.7. The minimum Gasteiger partial charge on any atom is -0.458 e. The predicted molar refractivity (Wildman–Crippen MR) is 152 cm³/mol. The maximum atomic E-state index is 12.7. The molecule has 0 spiro atoms. The van der Waals surface area contributed by atoms with Gasteiger partial charge in [-0.3, -0.25) is 9.59 Å². The van der Waals surface area contributed by atoms with E-state index in [1.54, 1.807) is 18.2 Å².